The molecule has 0 aliphatic heterocycles. The molecule has 58 valence electrons. The van der Waals surface area contributed by atoms with Crippen molar-refractivity contribution in [2.75, 3.05) is 6.54 Å². The predicted molar refractivity (Wildman–Crippen MR) is 43.6 cm³/mol. The topological polar surface area (TPSA) is 29.4 Å². The molecule has 0 aromatic rings. The van der Waals surface area contributed by atoms with Crippen LogP contribution in [0.4, 0.5) is 0 Å². The van der Waals surface area contributed by atoms with Gasteiger partial charge in [0.2, 0.25) is 0 Å². The zero-order valence-corrected chi connectivity index (χ0v) is 6.98. The van der Waals surface area contributed by atoms with Crippen LogP contribution in [0.1, 0.15) is 33.6 Å². The fraction of sp³-hybridized carbons (Fsp3) is 0.750. The van der Waals surface area contributed by atoms with Crippen LogP contribution in [0.5, 0.6) is 0 Å². The molecule has 10 heavy (non-hydrogen) atoms. The molecule has 0 fully saturated rings. The largest absolute Gasteiger partial charge is 0.300 e. The number of hydrogen-bond donors (Lipinski definition) is 0. The van der Waals surface area contributed by atoms with E-state index in [1.165, 1.54) is 0 Å². The third-order valence-electron chi connectivity index (χ3n) is 1.11. The van der Waals surface area contributed by atoms with Gasteiger partial charge in [-0.25, -0.2) is 0 Å². The lowest BCUT2D eigenvalue weighted by molar-refractivity contribution is -0.115. The van der Waals surface area contributed by atoms with Crippen molar-refractivity contribution in [2.24, 2.45) is 4.99 Å². The van der Waals surface area contributed by atoms with E-state index in [0.29, 0.717) is 6.42 Å². The molecule has 0 radical (unpaired) electrons. The Balaban J connectivity index is 3.59. The molecule has 0 saturated heterocycles. The standard InChI is InChI=1S/C8H15NO/c1-4-5-9-7(2)6-8(3)10/h4-6H2,1-3H3/b9-7+. The minimum absolute atomic E-state index is 0.192. The molecular weight excluding hydrogens is 126 g/mol. The molecule has 0 unspecified atom stereocenters. The molecule has 0 saturated carbocycles. The second kappa shape index (κ2) is 5.15. The number of carbonyl (C=O) groups excluding carboxylic acids is 1. The quantitative estimate of drug-likeness (QED) is 0.549. The second-order valence-corrected chi connectivity index (χ2v) is 2.50. The van der Waals surface area contributed by atoms with Crippen LogP contribution in [0.3, 0.4) is 0 Å². The Kier molecular flexibility index (Phi) is 4.81. The van der Waals surface area contributed by atoms with Gasteiger partial charge < -0.3 is 0 Å². The highest BCUT2D eigenvalue weighted by molar-refractivity contribution is 5.99. The predicted octanol–water partition coefficient (Wildman–Crippen LogP) is 1.84. The number of ketones is 1. The van der Waals surface area contributed by atoms with Crippen LogP contribution >= 0.6 is 0 Å². The number of nitrogens with zero attached hydrogens (tertiary/aromatic N) is 1. The van der Waals surface area contributed by atoms with E-state index in [1.807, 2.05) is 6.92 Å². The summed E-state index contributed by atoms with van der Waals surface area (Å²) in [5, 5.41) is 0. The Morgan fingerprint density at radius 2 is 2.00 bits per heavy atom. The summed E-state index contributed by atoms with van der Waals surface area (Å²) in [5.41, 5.74) is 0.953. The number of aliphatic imine (C=N–C) groups is 1. The van der Waals surface area contributed by atoms with Gasteiger partial charge in [0.05, 0.1) is 0 Å². The summed E-state index contributed by atoms with van der Waals surface area (Å²) >= 11 is 0. The van der Waals surface area contributed by atoms with Gasteiger partial charge in [-0.1, -0.05) is 6.92 Å². The maximum Gasteiger partial charge on any atom is 0.135 e. The van der Waals surface area contributed by atoms with Crippen molar-refractivity contribution in [3.8, 4) is 0 Å². The van der Waals surface area contributed by atoms with Gasteiger partial charge >= 0.3 is 0 Å². The van der Waals surface area contributed by atoms with Gasteiger partial charge in [0.15, 0.2) is 0 Å². The average Bonchev–Trinajstić information content (AvgIpc) is 1.82. The van der Waals surface area contributed by atoms with E-state index in [2.05, 4.69) is 11.9 Å². The Bertz CT molecular complexity index is 138. The van der Waals surface area contributed by atoms with Crippen LogP contribution in [0.15, 0.2) is 4.99 Å². The van der Waals surface area contributed by atoms with Crippen molar-refractivity contribution in [1.29, 1.82) is 0 Å². The first kappa shape index (κ1) is 9.34. The van der Waals surface area contributed by atoms with Crippen molar-refractivity contribution in [3.05, 3.63) is 0 Å². The first-order chi connectivity index (χ1) is 4.66. The van der Waals surface area contributed by atoms with Crippen LogP contribution < -0.4 is 0 Å². The molecule has 0 aromatic heterocycles. The number of Topliss-reactive ketones (excluding diaryl/α,β-unsaturated/α-hetero) is 1. The third kappa shape index (κ3) is 5.48. The normalized spacial score (nSPS) is 11.7. The smallest absolute Gasteiger partial charge is 0.135 e. The summed E-state index contributed by atoms with van der Waals surface area (Å²) in [7, 11) is 0. The zero-order chi connectivity index (χ0) is 7.98. The van der Waals surface area contributed by atoms with E-state index in [1.54, 1.807) is 6.92 Å². The molecule has 0 aromatic carbocycles. The lowest BCUT2D eigenvalue weighted by Gasteiger charge is -1.94. The van der Waals surface area contributed by atoms with E-state index >= 15 is 0 Å². The van der Waals surface area contributed by atoms with E-state index < -0.39 is 0 Å². The van der Waals surface area contributed by atoms with Crippen molar-refractivity contribution in [2.45, 2.75) is 33.6 Å². The van der Waals surface area contributed by atoms with Gasteiger partial charge in [-0.15, -0.1) is 0 Å². The highest BCUT2D eigenvalue weighted by atomic mass is 16.1. The highest BCUT2D eigenvalue weighted by Crippen LogP contribution is 1.89. The minimum atomic E-state index is 0.192. The van der Waals surface area contributed by atoms with E-state index in [9.17, 15) is 4.79 Å². The molecule has 0 heterocycles. The molecule has 0 aliphatic rings. The monoisotopic (exact) mass is 141 g/mol. The summed E-state index contributed by atoms with van der Waals surface area (Å²) in [6, 6.07) is 0. The summed E-state index contributed by atoms with van der Waals surface area (Å²) in [4.78, 5) is 14.7. The van der Waals surface area contributed by atoms with Gasteiger partial charge in [-0.05, 0) is 20.3 Å². The number of rotatable bonds is 4. The fourth-order valence-electron chi connectivity index (χ4n) is 0.719. The Morgan fingerprint density at radius 3 is 2.40 bits per heavy atom. The molecule has 2 nitrogen and oxygen atoms in total. The molecule has 0 atom stereocenters. The van der Waals surface area contributed by atoms with Crippen molar-refractivity contribution in [3.63, 3.8) is 0 Å². The van der Waals surface area contributed by atoms with Gasteiger partial charge in [0.1, 0.15) is 5.78 Å². The lowest BCUT2D eigenvalue weighted by Crippen LogP contribution is -2.00. The fourth-order valence-corrected chi connectivity index (χ4v) is 0.719. The first-order valence-corrected chi connectivity index (χ1v) is 3.66. The Labute approximate surface area is 62.4 Å². The summed E-state index contributed by atoms with van der Waals surface area (Å²) in [5.74, 6) is 0.192. The Hall–Kier alpha value is -0.660. The maximum atomic E-state index is 10.5. The summed E-state index contributed by atoms with van der Waals surface area (Å²) in [6.07, 6.45) is 1.56. The van der Waals surface area contributed by atoms with Crippen molar-refractivity contribution < 1.29 is 4.79 Å². The molecule has 0 spiro atoms. The minimum Gasteiger partial charge on any atom is -0.300 e. The Morgan fingerprint density at radius 1 is 1.40 bits per heavy atom. The summed E-state index contributed by atoms with van der Waals surface area (Å²) < 4.78 is 0. The number of hydrogen-bond acceptors (Lipinski definition) is 2. The van der Waals surface area contributed by atoms with Gasteiger partial charge in [0.25, 0.3) is 0 Å². The highest BCUT2D eigenvalue weighted by Gasteiger charge is 1.94. The number of carbonyl (C=O) groups is 1. The van der Waals surface area contributed by atoms with Gasteiger partial charge in [-0.2, -0.15) is 0 Å². The van der Waals surface area contributed by atoms with E-state index in [-0.39, 0.29) is 5.78 Å². The van der Waals surface area contributed by atoms with E-state index in [0.717, 1.165) is 18.7 Å². The second-order valence-electron chi connectivity index (χ2n) is 2.50. The van der Waals surface area contributed by atoms with Crippen LogP contribution in [-0.4, -0.2) is 18.0 Å². The van der Waals surface area contributed by atoms with Crippen LogP contribution in [0.25, 0.3) is 0 Å². The van der Waals surface area contributed by atoms with Crippen LogP contribution in [0, 0.1) is 0 Å². The van der Waals surface area contributed by atoms with E-state index in [4.69, 9.17) is 0 Å². The molecule has 2 heteroatoms. The molecule has 0 rings (SSSR count). The molecule has 0 amide bonds. The zero-order valence-electron chi connectivity index (χ0n) is 6.98. The molecular formula is C8H15NO. The molecule has 0 N–H and O–H groups in total. The van der Waals surface area contributed by atoms with Crippen molar-refractivity contribution >= 4 is 11.5 Å². The van der Waals surface area contributed by atoms with Crippen LogP contribution in [0.2, 0.25) is 0 Å². The van der Waals surface area contributed by atoms with Crippen molar-refractivity contribution in [1.82, 2.24) is 0 Å². The van der Waals surface area contributed by atoms with Crippen LogP contribution in [-0.2, 0) is 4.79 Å². The van der Waals surface area contributed by atoms with Gasteiger partial charge in [-0.3, -0.25) is 9.79 Å². The maximum absolute atomic E-state index is 10.5. The first-order valence-electron chi connectivity index (χ1n) is 3.66. The average molecular weight is 141 g/mol. The summed E-state index contributed by atoms with van der Waals surface area (Å²) in [6.45, 7) is 6.41. The third-order valence-corrected chi connectivity index (χ3v) is 1.11. The molecule has 0 bridgehead atoms. The lowest BCUT2D eigenvalue weighted by atomic mass is 10.2. The van der Waals surface area contributed by atoms with Gasteiger partial charge in [0, 0.05) is 18.7 Å². The SMILES string of the molecule is CCC/N=C(\C)CC(C)=O. The molecule has 0 aliphatic carbocycles.